The van der Waals surface area contributed by atoms with Crippen molar-refractivity contribution in [2.75, 3.05) is 5.73 Å². The Hall–Kier alpha value is -3.23. The number of fused-ring (bicyclic) bond motifs is 1. The van der Waals surface area contributed by atoms with E-state index >= 15 is 0 Å². The van der Waals surface area contributed by atoms with Crippen LogP contribution >= 0.6 is 0 Å². The van der Waals surface area contributed by atoms with E-state index in [1.54, 1.807) is 0 Å². The molecule has 0 bridgehead atoms. The van der Waals surface area contributed by atoms with Gasteiger partial charge in [-0.25, -0.2) is 13.6 Å². The first kappa shape index (κ1) is 13.7. The van der Waals surface area contributed by atoms with Gasteiger partial charge in [-0.05, 0) is 0 Å². The highest BCUT2D eigenvalue weighted by Gasteiger charge is 2.21. The van der Waals surface area contributed by atoms with Crippen molar-refractivity contribution in [3.8, 4) is 5.82 Å². The highest BCUT2D eigenvalue weighted by molar-refractivity contribution is 5.97. The van der Waals surface area contributed by atoms with Gasteiger partial charge in [0.25, 0.3) is 0 Å². The fourth-order valence-corrected chi connectivity index (χ4v) is 2.12. The van der Waals surface area contributed by atoms with Crippen LogP contribution in [-0.2, 0) is 0 Å². The summed E-state index contributed by atoms with van der Waals surface area (Å²) in [5.74, 6) is -4.14. The van der Waals surface area contributed by atoms with E-state index in [4.69, 9.17) is 10.8 Å². The van der Waals surface area contributed by atoms with Crippen molar-refractivity contribution < 1.29 is 23.2 Å². The Balaban J connectivity index is 2.58. The Morgan fingerprint density at radius 3 is 2.73 bits per heavy atom. The highest BCUT2D eigenvalue weighted by atomic mass is 19.2. The number of nitrogen functional groups attached to an aromatic ring is 1. The Morgan fingerprint density at radius 1 is 1.41 bits per heavy atom. The Bertz CT molecular complexity index is 964. The molecule has 3 N–H and O–H groups in total. The predicted octanol–water partition coefficient (Wildman–Crippen LogP) is 1.54. The van der Waals surface area contributed by atoms with E-state index in [9.17, 15) is 18.4 Å². The molecule has 0 aliphatic heterocycles. The number of halogens is 2. The molecule has 112 valence electrons. The smallest absolute Gasteiger partial charge is 0.341 e. The van der Waals surface area contributed by atoms with Crippen molar-refractivity contribution in [2.45, 2.75) is 0 Å². The number of carbonyl (C=O) groups is 1. The highest BCUT2D eigenvalue weighted by Crippen LogP contribution is 2.26. The van der Waals surface area contributed by atoms with Crippen LogP contribution < -0.4 is 11.2 Å². The number of benzene rings is 1. The molecule has 0 aliphatic carbocycles. The lowest BCUT2D eigenvalue weighted by molar-refractivity contribution is 0.0695. The summed E-state index contributed by atoms with van der Waals surface area (Å²) in [7, 11) is 0. The molecule has 0 aliphatic rings. The molecule has 2 heterocycles. The van der Waals surface area contributed by atoms with Crippen LogP contribution in [0.5, 0.6) is 0 Å². The van der Waals surface area contributed by atoms with Crippen LogP contribution in [-0.4, -0.2) is 20.8 Å². The lowest BCUT2D eigenvalue weighted by Crippen LogP contribution is -2.20. The first-order valence-electron chi connectivity index (χ1n) is 5.88. The fraction of sp³-hybridized carbons (Fsp3) is 0. The largest absolute Gasteiger partial charge is 0.477 e. The standard InChI is InChI=1S/C13H7F2N3O4/c14-6-3-7-9(11(16)10(6)15)12(19)5(13(20)21)4-18(7)8-1-2-22-17-8/h1-4H,16H2,(H,20,21). The summed E-state index contributed by atoms with van der Waals surface area (Å²) in [6, 6.07) is 2.09. The molecule has 0 fully saturated rings. The van der Waals surface area contributed by atoms with E-state index in [-0.39, 0.29) is 11.3 Å². The normalized spacial score (nSPS) is 11.0. The zero-order valence-electron chi connectivity index (χ0n) is 10.7. The van der Waals surface area contributed by atoms with Crippen molar-refractivity contribution in [3.63, 3.8) is 0 Å². The lowest BCUT2D eigenvalue weighted by atomic mass is 10.1. The molecule has 0 unspecified atom stereocenters. The lowest BCUT2D eigenvalue weighted by Gasteiger charge is -2.11. The molecule has 0 spiro atoms. The van der Waals surface area contributed by atoms with E-state index in [1.807, 2.05) is 0 Å². The molecule has 3 aromatic rings. The average Bonchev–Trinajstić information content (AvgIpc) is 2.98. The van der Waals surface area contributed by atoms with Crippen LogP contribution in [0.3, 0.4) is 0 Å². The third kappa shape index (κ3) is 1.83. The summed E-state index contributed by atoms with van der Waals surface area (Å²) in [5.41, 5.74) is 2.88. The van der Waals surface area contributed by atoms with Gasteiger partial charge >= 0.3 is 5.97 Å². The minimum atomic E-state index is -1.53. The van der Waals surface area contributed by atoms with Gasteiger partial charge in [-0.2, -0.15) is 0 Å². The molecule has 7 nitrogen and oxygen atoms in total. The van der Waals surface area contributed by atoms with Gasteiger partial charge < -0.3 is 15.4 Å². The molecule has 9 heteroatoms. The van der Waals surface area contributed by atoms with Crippen LogP contribution in [0.4, 0.5) is 14.5 Å². The zero-order chi connectivity index (χ0) is 16.0. The predicted molar refractivity (Wildman–Crippen MR) is 70.9 cm³/mol. The minimum Gasteiger partial charge on any atom is -0.477 e. The second-order valence-electron chi connectivity index (χ2n) is 4.38. The molecule has 0 saturated carbocycles. The summed E-state index contributed by atoms with van der Waals surface area (Å²) in [4.78, 5) is 23.4. The SMILES string of the molecule is Nc1c(F)c(F)cc2c1c(=O)c(C(=O)O)cn2-c1ccon1. The number of nitrogens with zero attached hydrogens (tertiary/aromatic N) is 2. The number of rotatable bonds is 2. The van der Waals surface area contributed by atoms with E-state index in [0.29, 0.717) is 0 Å². The monoisotopic (exact) mass is 307 g/mol. The maximum absolute atomic E-state index is 13.6. The van der Waals surface area contributed by atoms with Gasteiger partial charge in [-0.3, -0.25) is 9.36 Å². The van der Waals surface area contributed by atoms with Gasteiger partial charge in [-0.15, -0.1) is 0 Å². The fourth-order valence-electron chi connectivity index (χ4n) is 2.12. The van der Waals surface area contributed by atoms with E-state index in [0.717, 1.165) is 16.8 Å². The maximum Gasteiger partial charge on any atom is 0.341 e. The van der Waals surface area contributed by atoms with Crippen LogP contribution in [0.2, 0.25) is 0 Å². The maximum atomic E-state index is 13.6. The van der Waals surface area contributed by atoms with Gasteiger partial charge in [0.15, 0.2) is 17.5 Å². The van der Waals surface area contributed by atoms with E-state index in [2.05, 4.69) is 9.68 Å². The number of carboxylic acids is 1. The first-order valence-corrected chi connectivity index (χ1v) is 5.88. The third-order valence-corrected chi connectivity index (χ3v) is 3.13. The Labute approximate surface area is 120 Å². The van der Waals surface area contributed by atoms with Gasteiger partial charge in [0.05, 0.1) is 16.6 Å². The summed E-state index contributed by atoms with van der Waals surface area (Å²) >= 11 is 0. The van der Waals surface area contributed by atoms with Crippen molar-refractivity contribution in [1.29, 1.82) is 0 Å². The molecule has 0 radical (unpaired) electrons. The van der Waals surface area contributed by atoms with Crippen LogP contribution in [0, 0.1) is 11.6 Å². The number of aromatic carboxylic acids is 1. The van der Waals surface area contributed by atoms with Crippen LogP contribution in [0.1, 0.15) is 10.4 Å². The third-order valence-electron chi connectivity index (χ3n) is 3.13. The quantitative estimate of drug-likeness (QED) is 0.695. The number of aromatic nitrogens is 2. The van der Waals surface area contributed by atoms with Crippen molar-refractivity contribution in [1.82, 2.24) is 9.72 Å². The molecule has 0 atom stereocenters. The molecule has 3 rings (SSSR count). The van der Waals surface area contributed by atoms with E-state index < -0.39 is 39.7 Å². The summed E-state index contributed by atoms with van der Waals surface area (Å²) in [6.07, 6.45) is 2.14. The van der Waals surface area contributed by atoms with Gasteiger partial charge in [0.1, 0.15) is 11.8 Å². The molecule has 2 aromatic heterocycles. The molecular formula is C13H7F2N3O4. The summed E-state index contributed by atoms with van der Waals surface area (Å²) in [6.45, 7) is 0. The number of pyridine rings is 1. The summed E-state index contributed by atoms with van der Waals surface area (Å²) in [5, 5.41) is 12.2. The van der Waals surface area contributed by atoms with E-state index in [1.165, 1.54) is 12.3 Å². The van der Waals surface area contributed by atoms with Crippen molar-refractivity contribution in [3.05, 3.63) is 52.0 Å². The number of hydrogen-bond acceptors (Lipinski definition) is 5. The second-order valence-corrected chi connectivity index (χ2v) is 4.38. The number of nitrogens with two attached hydrogens (primary N) is 1. The zero-order valence-corrected chi connectivity index (χ0v) is 10.7. The van der Waals surface area contributed by atoms with Crippen LogP contribution in [0.25, 0.3) is 16.7 Å². The first-order chi connectivity index (χ1) is 10.4. The Kier molecular flexibility index (Phi) is 2.91. The van der Waals surface area contributed by atoms with Gasteiger partial charge in [-0.1, -0.05) is 5.16 Å². The minimum absolute atomic E-state index is 0.0814. The molecular weight excluding hydrogens is 300 g/mol. The van der Waals surface area contributed by atoms with Gasteiger partial charge in [0, 0.05) is 18.3 Å². The average molecular weight is 307 g/mol. The number of carboxylic acid groups (broad SMARTS) is 1. The topological polar surface area (TPSA) is 111 Å². The van der Waals surface area contributed by atoms with Crippen molar-refractivity contribution >= 4 is 22.6 Å². The molecule has 1 aromatic carbocycles. The number of hydrogen-bond donors (Lipinski definition) is 2. The number of anilines is 1. The second kappa shape index (κ2) is 4.65. The molecule has 0 amide bonds. The molecule has 22 heavy (non-hydrogen) atoms. The van der Waals surface area contributed by atoms with Crippen molar-refractivity contribution in [2.24, 2.45) is 0 Å². The summed E-state index contributed by atoms with van der Waals surface area (Å²) < 4.78 is 32.9. The Morgan fingerprint density at radius 2 is 2.14 bits per heavy atom. The molecule has 0 saturated heterocycles. The van der Waals surface area contributed by atoms with Gasteiger partial charge in [0.2, 0.25) is 5.43 Å². The van der Waals surface area contributed by atoms with Crippen LogP contribution in [0.15, 0.2) is 33.9 Å².